The van der Waals surface area contributed by atoms with Gasteiger partial charge in [-0.15, -0.1) is 0 Å². The van der Waals surface area contributed by atoms with Crippen LogP contribution in [0, 0.1) is 0 Å². The monoisotopic (exact) mass is 274 g/mol. The molecule has 0 aliphatic carbocycles. The second-order valence-electron chi connectivity index (χ2n) is 4.65. The van der Waals surface area contributed by atoms with E-state index in [1.165, 1.54) is 11.3 Å². The molecule has 0 spiro atoms. The minimum Gasteiger partial charge on any atom is -0.497 e. The number of methoxy groups -OCH3 is 2. The first-order valence-corrected chi connectivity index (χ1v) is 6.80. The molecule has 20 heavy (non-hydrogen) atoms. The van der Waals surface area contributed by atoms with Gasteiger partial charge in [0.25, 0.3) is 0 Å². The zero-order valence-electron chi connectivity index (χ0n) is 12.1. The van der Waals surface area contributed by atoms with Gasteiger partial charge < -0.3 is 19.4 Å². The fourth-order valence-corrected chi connectivity index (χ4v) is 2.12. The van der Waals surface area contributed by atoms with Crippen molar-refractivity contribution in [1.82, 2.24) is 9.88 Å². The van der Waals surface area contributed by atoms with Crippen LogP contribution < -0.4 is 10.1 Å². The zero-order valence-corrected chi connectivity index (χ0v) is 12.1. The first-order valence-electron chi connectivity index (χ1n) is 6.80. The molecule has 0 aliphatic rings. The van der Waals surface area contributed by atoms with E-state index in [0.29, 0.717) is 0 Å². The van der Waals surface area contributed by atoms with Crippen LogP contribution in [0.4, 0.5) is 0 Å². The van der Waals surface area contributed by atoms with Crippen LogP contribution in [0.2, 0.25) is 0 Å². The van der Waals surface area contributed by atoms with Crippen LogP contribution in [-0.4, -0.2) is 31.9 Å². The quantitative estimate of drug-likeness (QED) is 0.750. The van der Waals surface area contributed by atoms with Gasteiger partial charge >= 0.3 is 0 Å². The van der Waals surface area contributed by atoms with Crippen LogP contribution >= 0.6 is 0 Å². The first-order chi connectivity index (χ1) is 9.83. The summed E-state index contributed by atoms with van der Waals surface area (Å²) in [5, 5.41) is 3.37. The Bertz CT molecular complexity index is 523. The minimum absolute atomic E-state index is 0.733. The Hall–Kier alpha value is -1.78. The lowest BCUT2D eigenvalue weighted by molar-refractivity contribution is 0.199. The van der Waals surface area contributed by atoms with Crippen molar-refractivity contribution in [1.29, 1.82) is 0 Å². The molecule has 0 radical (unpaired) electrons. The molecule has 4 nitrogen and oxygen atoms in total. The highest BCUT2D eigenvalue weighted by Gasteiger charge is 2.02. The van der Waals surface area contributed by atoms with Gasteiger partial charge in [-0.3, -0.25) is 0 Å². The third-order valence-electron chi connectivity index (χ3n) is 3.20. The van der Waals surface area contributed by atoms with Gasteiger partial charge in [0.1, 0.15) is 5.75 Å². The van der Waals surface area contributed by atoms with E-state index >= 15 is 0 Å². The minimum atomic E-state index is 0.733. The molecule has 0 saturated carbocycles. The number of ether oxygens (including phenoxy) is 2. The normalized spacial score (nSPS) is 10.7. The third-order valence-corrected chi connectivity index (χ3v) is 3.20. The highest BCUT2D eigenvalue weighted by molar-refractivity contribution is 5.29. The van der Waals surface area contributed by atoms with Gasteiger partial charge in [0.05, 0.1) is 13.7 Å². The fraction of sp³-hybridized carbons (Fsp3) is 0.375. The van der Waals surface area contributed by atoms with E-state index < -0.39 is 0 Å². The molecular formula is C16H22N2O2. The Labute approximate surface area is 120 Å². The number of hydrogen-bond acceptors (Lipinski definition) is 3. The van der Waals surface area contributed by atoms with Gasteiger partial charge in [-0.2, -0.15) is 0 Å². The Morgan fingerprint density at radius 1 is 1.15 bits per heavy atom. The molecule has 2 rings (SSSR count). The summed E-state index contributed by atoms with van der Waals surface area (Å²) >= 11 is 0. The lowest BCUT2D eigenvalue weighted by atomic mass is 10.2. The van der Waals surface area contributed by atoms with E-state index in [-0.39, 0.29) is 0 Å². The van der Waals surface area contributed by atoms with E-state index in [4.69, 9.17) is 9.47 Å². The number of rotatable bonds is 8. The summed E-state index contributed by atoms with van der Waals surface area (Å²) < 4.78 is 12.5. The molecule has 0 fully saturated rings. The highest BCUT2D eigenvalue weighted by Crippen LogP contribution is 2.14. The zero-order chi connectivity index (χ0) is 14.2. The van der Waals surface area contributed by atoms with E-state index in [1.54, 1.807) is 14.2 Å². The molecule has 2 aromatic rings. The number of benzene rings is 1. The number of hydrogen-bond donors (Lipinski definition) is 1. The van der Waals surface area contributed by atoms with Crippen molar-refractivity contribution in [3.8, 4) is 5.75 Å². The van der Waals surface area contributed by atoms with E-state index in [1.807, 2.05) is 12.1 Å². The predicted octanol–water partition coefficient (Wildman–Crippen LogP) is 2.28. The molecule has 1 aromatic heterocycles. The van der Waals surface area contributed by atoms with Crippen molar-refractivity contribution in [2.24, 2.45) is 0 Å². The van der Waals surface area contributed by atoms with E-state index in [0.717, 1.165) is 32.0 Å². The van der Waals surface area contributed by atoms with Crippen molar-refractivity contribution < 1.29 is 9.47 Å². The SMILES string of the molecule is COCCNCc1cccn1Cc1cccc(OC)c1. The fourth-order valence-electron chi connectivity index (χ4n) is 2.12. The summed E-state index contributed by atoms with van der Waals surface area (Å²) in [6.45, 7) is 3.29. The Balaban J connectivity index is 1.97. The summed E-state index contributed by atoms with van der Waals surface area (Å²) in [7, 11) is 3.41. The van der Waals surface area contributed by atoms with Crippen molar-refractivity contribution >= 4 is 0 Å². The average molecular weight is 274 g/mol. The summed E-state index contributed by atoms with van der Waals surface area (Å²) in [4.78, 5) is 0. The number of aromatic nitrogens is 1. The van der Waals surface area contributed by atoms with Gasteiger partial charge in [-0.05, 0) is 29.8 Å². The molecule has 0 saturated heterocycles. The lowest BCUT2D eigenvalue weighted by Gasteiger charge is -2.11. The van der Waals surface area contributed by atoms with Crippen molar-refractivity contribution in [3.05, 3.63) is 53.9 Å². The molecule has 0 amide bonds. The summed E-state index contributed by atoms with van der Waals surface area (Å²) in [6.07, 6.45) is 2.10. The summed E-state index contributed by atoms with van der Waals surface area (Å²) in [5.41, 5.74) is 2.50. The van der Waals surface area contributed by atoms with Crippen molar-refractivity contribution in [2.45, 2.75) is 13.1 Å². The molecule has 1 heterocycles. The molecule has 108 valence electrons. The smallest absolute Gasteiger partial charge is 0.119 e. The second kappa shape index (κ2) is 7.72. The highest BCUT2D eigenvalue weighted by atomic mass is 16.5. The molecule has 1 aromatic carbocycles. The third kappa shape index (κ3) is 4.11. The lowest BCUT2D eigenvalue weighted by Crippen LogP contribution is -2.20. The Morgan fingerprint density at radius 3 is 2.85 bits per heavy atom. The van der Waals surface area contributed by atoms with Crippen LogP contribution in [0.25, 0.3) is 0 Å². The molecule has 4 heteroatoms. The van der Waals surface area contributed by atoms with Gasteiger partial charge in [0, 0.05) is 38.6 Å². The maximum Gasteiger partial charge on any atom is 0.119 e. The van der Waals surface area contributed by atoms with Crippen LogP contribution in [0.3, 0.4) is 0 Å². The van der Waals surface area contributed by atoms with E-state index in [9.17, 15) is 0 Å². The van der Waals surface area contributed by atoms with Crippen molar-refractivity contribution in [3.63, 3.8) is 0 Å². The molecule has 0 aliphatic heterocycles. The molecule has 0 unspecified atom stereocenters. The number of nitrogens with one attached hydrogen (secondary N) is 1. The Morgan fingerprint density at radius 2 is 2.05 bits per heavy atom. The molecule has 0 atom stereocenters. The van der Waals surface area contributed by atoms with Crippen molar-refractivity contribution in [2.75, 3.05) is 27.4 Å². The maximum absolute atomic E-state index is 5.26. The van der Waals surface area contributed by atoms with Gasteiger partial charge in [0.2, 0.25) is 0 Å². The molecule has 0 bridgehead atoms. The predicted molar refractivity (Wildman–Crippen MR) is 80.1 cm³/mol. The van der Waals surface area contributed by atoms with Gasteiger partial charge in [0.15, 0.2) is 0 Å². The topological polar surface area (TPSA) is 35.4 Å². The maximum atomic E-state index is 5.26. The van der Waals surface area contributed by atoms with Crippen LogP contribution in [-0.2, 0) is 17.8 Å². The van der Waals surface area contributed by atoms with Crippen LogP contribution in [0.5, 0.6) is 5.75 Å². The molecule has 1 N–H and O–H groups in total. The second-order valence-corrected chi connectivity index (χ2v) is 4.65. The average Bonchev–Trinajstić information content (AvgIpc) is 2.91. The van der Waals surface area contributed by atoms with Crippen LogP contribution in [0.1, 0.15) is 11.3 Å². The van der Waals surface area contributed by atoms with Gasteiger partial charge in [-0.1, -0.05) is 12.1 Å². The molecular weight excluding hydrogens is 252 g/mol. The first kappa shape index (κ1) is 14.6. The van der Waals surface area contributed by atoms with Gasteiger partial charge in [-0.25, -0.2) is 0 Å². The standard InChI is InChI=1S/C16H22N2O2/c1-19-10-8-17-12-15-6-4-9-18(15)13-14-5-3-7-16(11-14)20-2/h3-7,9,11,17H,8,10,12-13H2,1-2H3. The Kier molecular flexibility index (Phi) is 5.65. The number of nitrogens with zero attached hydrogens (tertiary/aromatic N) is 1. The summed E-state index contributed by atoms with van der Waals surface area (Å²) in [5.74, 6) is 0.898. The van der Waals surface area contributed by atoms with E-state index in [2.05, 4.69) is 40.3 Å². The largest absolute Gasteiger partial charge is 0.497 e. The van der Waals surface area contributed by atoms with Crippen LogP contribution in [0.15, 0.2) is 42.6 Å². The summed E-state index contributed by atoms with van der Waals surface area (Å²) in [6, 6.07) is 12.4.